The molecule has 2 aromatic rings. The summed E-state index contributed by atoms with van der Waals surface area (Å²) in [6.07, 6.45) is 2.70. The van der Waals surface area contributed by atoms with Gasteiger partial charge in [0.15, 0.2) is 0 Å². The van der Waals surface area contributed by atoms with E-state index in [1.807, 2.05) is 23.9 Å². The normalized spacial score (nSPS) is 12.6. The fourth-order valence-corrected chi connectivity index (χ4v) is 2.02. The minimum atomic E-state index is -0.187. The maximum absolute atomic E-state index is 13.2. The predicted octanol–water partition coefficient (Wildman–Crippen LogP) is 2.80. The molecule has 0 amide bonds. The molecule has 0 saturated heterocycles. The van der Waals surface area contributed by atoms with E-state index >= 15 is 0 Å². The Labute approximate surface area is 107 Å². The number of hydrogen-bond donors (Lipinski definition) is 1. The van der Waals surface area contributed by atoms with Crippen molar-refractivity contribution in [1.29, 1.82) is 0 Å². The number of nitrogens with zero attached hydrogens (tertiary/aromatic N) is 2. The van der Waals surface area contributed by atoms with Crippen molar-refractivity contribution in [3.8, 4) is 0 Å². The zero-order chi connectivity index (χ0) is 13.0. The zero-order valence-electron chi connectivity index (χ0n) is 10.7. The number of aromatic nitrogens is 2. The molecular weight excluding hydrogens is 229 g/mol. The molecule has 2 rings (SSSR count). The Morgan fingerprint density at radius 1 is 1.39 bits per heavy atom. The van der Waals surface area contributed by atoms with Gasteiger partial charge in [0.1, 0.15) is 5.82 Å². The minimum absolute atomic E-state index is 0.163. The number of aryl methyl sites for hydroxylation is 1. The van der Waals surface area contributed by atoms with Gasteiger partial charge in [0.25, 0.3) is 0 Å². The van der Waals surface area contributed by atoms with Gasteiger partial charge >= 0.3 is 0 Å². The van der Waals surface area contributed by atoms with Crippen molar-refractivity contribution in [1.82, 2.24) is 15.1 Å². The summed E-state index contributed by atoms with van der Waals surface area (Å²) in [5, 5.41) is 7.55. The topological polar surface area (TPSA) is 29.9 Å². The summed E-state index contributed by atoms with van der Waals surface area (Å²) in [6.45, 7) is 2.82. The molecule has 0 aliphatic carbocycles. The summed E-state index contributed by atoms with van der Waals surface area (Å²) in [5.41, 5.74) is 2.10. The summed E-state index contributed by atoms with van der Waals surface area (Å²) in [5.74, 6) is -0.187. The van der Waals surface area contributed by atoms with Crippen molar-refractivity contribution >= 4 is 0 Å². The molecule has 0 bridgehead atoms. The summed E-state index contributed by atoms with van der Waals surface area (Å²) >= 11 is 0. The second-order valence-electron chi connectivity index (χ2n) is 4.34. The zero-order valence-corrected chi connectivity index (χ0v) is 10.7. The third-order valence-electron chi connectivity index (χ3n) is 3.11. The van der Waals surface area contributed by atoms with E-state index in [0.717, 1.165) is 24.2 Å². The lowest BCUT2D eigenvalue weighted by Gasteiger charge is -2.17. The molecule has 96 valence electrons. The Kier molecular flexibility index (Phi) is 4.10. The summed E-state index contributed by atoms with van der Waals surface area (Å²) in [6, 6.07) is 8.90. The van der Waals surface area contributed by atoms with Crippen LogP contribution in [-0.2, 0) is 13.6 Å². The van der Waals surface area contributed by atoms with Crippen molar-refractivity contribution in [2.45, 2.75) is 25.9 Å². The van der Waals surface area contributed by atoms with Gasteiger partial charge in [-0.2, -0.15) is 5.10 Å². The maximum Gasteiger partial charge on any atom is 0.123 e. The van der Waals surface area contributed by atoms with Crippen LogP contribution in [0.1, 0.15) is 30.6 Å². The van der Waals surface area contributed by atoms with Gasteiger partial charge in [0.2, 0.25) is 0 Å². The summed E-state index contributed by atoms with van der Waals surface area (Å²) < 4.78 is 15.0. The van der Waals surface area contributed by atoms with Gasteiger partial charge < -0.3 is 5.32 Å². The molecule has 0 spiro atoms. The highest BCUT2D eigenvalue weighted by Gasteiger charge is 2.10. The standard InChI is InChI=1S/C14H18FN3/c1-3-14(11-5-4-6-12(15)9-11)16-10-13-7-8-17-18(13)2/h4-9,14,16H,3,10H2,1-2H3. The lowest BCUT2D eigenvalue weighted by atomic mass is 10.0. The Hall–Kier alpha value is -1.68. The molecule has 0 radical (unpaired) electrons. The largest absolute Gasteiger partial charge is 0.304 e. The van der Waals surface area contributed by atoms with Crippen molar-refractivity contribution in [3.63, 3.8) is 0 Å². The van der Waals surface area contributed by atoms with Crippen LogP contribution in [0.4, 0.5) is 4.39 Å². The third-order valence-corrected chi connectivity index (χ3v) is 3.11. The van der Waals surface area contributed by atoms with E-state index in [-0.39, 0.29) is 11.9 Å². The van der Waals surface area contributed by atoms with E-state index in [2.05, 4.69) is 17.3 Å². The van der Waals surface area contributed by atoms with E-state index in [1.54, 1.807) is 18.3 Å². The lowest BCUT2D eigenvalue weighted by molar-refractivity contribution is 0.499. The van der Waals surface area contributed by atoms with Crippen molar-refractivity contribution in [2.75, 3.05) is 0 Å². The third kappa shape index (κ3) is 2.96. The molecular formula is C14H18FN3. The summed E-state index contributed by atoms with van der Waals surface area (Å²) in [4.78, 5) is 0. The van der Waals surface area contributed by atoms with Gasteiger partial charge in [-0.1, -0.05) is 19.1 Å². The molecule has 0 fully saturated rings. The number of benzene rings is 1. The number of rotatable bonds is 5. The SMILES string of the molecule is CCC(NCc1ccnn1C)c1cccc(F)c1. The first-order chi connectivity index (χ1) is 8.70. The Bertz CT molecular complexity index is 507. The van der Waals surface area contributed by atoms with Crippen molar-refractivity contribution in [3.05, 3.63) is 53.6 Å². The van der Waals surface area contributed by atoms with E-state index in [4.69, 9.17) is 0 Å². The first kappa shape index (κ1) is 12.8. The second kappa shape index (κ2) is 5.78. The molecule has 0 aliphatic rings. The molecule has 3 nitrogen and oxygen atoms in total. The predicted molar refractivity (Wildman–Crippen MR) is 69.5 cm³/mol. The van der Waals surface area contributed by atoms with Crippen LogP contribution >= 0.6 is 0 Å². The first-order valence-electron chi connectivity index (χ1n) is 6.16. The Balaban J connectivity index is 2.04. The molecule has 1 aromatic carbocycles. The molecule has 0 aliphatic heterocycles. The fraction of sp³-hybridized carbons (Fsp3) is 0.357. The van der Waals surface area contributed by atoms with Gasteiger partial charge in [-0.3, -0.25) is 4.68 Å². The van der Waals surface area contributed by atoms with Gasteiger partial charge in [0.05, 0.1) is 5.69 Å². The monoisotopic (exact) mass is 247 g/mol. The van der Waals surface area contributed by atoms with E-state index in [0.29, 0.717) is 0 Å². The highest BCUT2D eigenvalue weighted by molar-refractivity contribution is 5.20. The van der Waals surface area contributed by atoms with Crippen LogP contribution < -0.4 is 5.32 Å². The first-order valence-corrected chi connectivity index (χ1v) is 6.16. The van der Waals surface area contributed by atoms with Crippen LogP contribution in [0.5, 0.6) is 0 Å². The average molecular weight is 247 g/mol. The van der Waals surface area contributed by atoms with Crippen LogP contribution in [0.3, 0.4) is 0 Å². The highest BCUT2D eigenvalue weighted by atomic mass is 19.1. The van der Waals surface area contributed by atoms with Crippen LogP contribution in [0.2, 0.25) is 0 Å². The maximum atomic E-state index is 13.2. The Morgan fingerprint density at radius 2 is 2.22 bits per heavy atom. The van der Waals surface area contributed by atoms with Crippen LogP contribution in [0, 0.1) is 5.82 Å². The summed E-state index contributed by atoms with van der Waals surface area (Å²) in [7, 11) is 1.92. The number of hydrogen-bond acceptors (Lipinski definition) is 2. The van der Waals surface area contributed by atoms with E-state index in [1.165, 1.54) is 6.07 Å². The quantitative estimate of drug-likeness (QED) is 0.880. The van der Waals surface area contributed by atoms with Crippen molar-refractivity contribution in [2.24, 2.45) is 7.05 Å². The van der Waals surface area contributed by atoms with Crippen molar-refractivity contribution < 1.29 is 4.39 Å². The molecule has 1 unspecified atom stereocenters. The fourth-order valence-electron chi connectivity index (χ4n) is 2.02. The molecule has 0 saturated carbocycles. The smallest absolute Gasteiger partial charge is 0.123 e. The molecule has 4 heteroatoms. The van der Waals surface area contributed by atoms with Gasteiger partial charge in [-0.05, 0) is 30.2 Å². The van der Waals surface area contributed by atoms with Crippen LogP contribution in [-0.4, -0.2) is 9.78 Å². The molecule has 1 N–H and O–H groups in total. The average Bonchev–Trinajstić information content (AvgIpc) is 2.76. The van der Waals surface area contributed by atoms with E-state index in [9.17, 15) is 4.39 Å². The molecule has 1 aromatic heterocycles. The number of halogens is 1. The Morgan fingerprint density at radius 3 is 2.83 bits per heavy atom. The second-order valence-corrected chi connectivity index (χ2v) is 4.34. The highest BCUT2D eigenvalue weighted by Crippen LogP contribution is 2.18. The molecule has 1 atom stereocenters. The lowest BCUT2D eigenvalue weighted by Crippen LogP contribution is -2.21. The molecule has 1 heterocycles. The minimum Gasteiger partial charge on any atom is -0.304 e. The van der Waals surface area contributed by atoms with Crippen LogP contribution in [0.25, 0.3) is 0 Å². The van der Waals surface area contributed by atoms with E-state index < -0.39 is 0 Å². The molecule has 18 heavy (non-hydrogen) atoms. The van der Waals surface area contributed by atoms with Crippen LogP contribution in [0.15, 0.2) is 36.5 Å². The number of nitrogens with one attached hydrogen (secondary N) is 1. The van der Waals surface area contributed by atoms with Gasteiger partial charge in [-0.25, -0.2) is 4.39 Å². The van der Waals surface area contributed by atoms with Gasteiger partial charge in [-0.15, -0.1) is 0 Å². The van der Waals surface area contributed by atoms with Gasteiger partial charge in [0, 0.05) is 25.8 Å².